The molecule has 1 aliphatic rings. The molecule has 3 rings (SSSR count). The minimum absolute atomic E-state index is 0.0499. The van der Waals surface area contributed by atoms with Crippen LogP contribution in [0.5, 0.6) is 0 Å². The summed E-state index contributed by atoms with van der Waals surface area (Å²) in [6.45, 7) is 9.03. The molecule has 0 N–H and O–H groups in total. The zero-order valence-corrected chi connectivity index (χ0v) is 17.6. The molecule has 1 saturated heterocycles. The molecule has 4 nitrogen and oxygen atoms in total. The van der Waals surface area contributed by atoms with Gasteiger partial charge in [0.15, 0.2) is 5.78 Å². The Hall–Kier alpha value is -1.83. The fraction of sp³-hybridized carbons (Fsp3) is 0.476. The highest BCUT2D eigenvalue weighted by atomic mass is 35.5. The maximum Gasteiger partial charge on any atom is 0.417 e. The minimum atomic E-state index is -4.55. The van der Waals surface area contributed by atoms with Gasteiger partial charge >= 0.3 is 6.18 Å². The summed E-state index contributed by atoms with van der Waals surface area (Å²) in [6.07, 6.45) is -4.45. The zero-order chi connectivity index (χ0) is 21.5. The van der Waals surface area contributed by atoms with Crippen molar-refractivity contribution in [1.29, 1.82) is 0 Å². The number of carbonyl (C=O) groups excluding carboxylic acids is 1. The van der Waals surface area contributed by atoms with Crippen LogP contribution in [-0.2, 0) is 10.9 Å². The maximum atomic E-state index is 13.2. The highest BCUT2D eigenvalue weighted by Gasteiger charge is 2.34. The fourth-order valence-electron chi connectivity index (χ4n) is 4.01. The van der Waals surface area contributed by atoms with Gasteiger partial charge in [0.2, 0.25) is 0 Å². The second kappa shape index (κ2) is 8.13. The summed E-state index contributed by atoms with van der Waals surface area (Å²) < 4.78 is 47.1. The van der Waals surface area contributed by atoms with Gasteiger partial charge in [-0.3, -0.25) is 9.69 Å². The summed E-state index contributed by atoms with van der Waals surface area (Å²) in [5, 5.41) is -0.351. The van der Waals surface area contributed by atoms with Crippen molar-refractivity contribution in [3.05, 3.63) is 51.8 Å². The molecule has 1 aromatic heterocycles. The summed E-state index contributed by atoms with van der Waals surface area (Å²) in [5.41, 5.74) is 1.23. The third kappa shape index (κ3) is 4.68. The van der Waals surface area contributed by atoms with Crippen LogP contribution in [0.15, 0.2) is 24.3 Å². The first-order chi connectivity index (χ1) is 13.5. The molecule has 2 heterocycles. The van der Waals surface area contributed by atoms with E-state index in [4.69, 9.17) is 16.3 Å². The van der Waals surface area contributed by atoms with Crippen LogP contribution in [0.25, 0.3) is 5.69 Å². The number of aryl methyl sites for hydroxylation is 1. The van der Waals surface area contributed by atoms with Crippen molar-refractivity contribution in [3.8, 4) is 5.69 Å². The second-order valence-electron chi connectivity index (χ2n) is 7.66. The number of morpholine rings is 1. The van der Waals surface area contributed by atoms with Gasteiger partial charge < -0.3 is 9.30 Å². The number of nitrogens with zero attached hydrogens (tertiary/aromatic N) is 2. The van der Waals surface area contributed by atoms with Crippen molar-refractivity contribution < 1.29 is 22.7 Å². The number of hydrogen-bond acceptors (Lipinski definition) is 3. The standard InChI is InChI=1S/C21H24ClF3N2O2/c1-12-7-17(20(28)11-26-9-13(2)29-14(3)10-26)15(4)27(12)16-5-6-19(22)18(8-16)21(23,24)25/h5-8,13-14H,9-11H2,1-4H3/t13-,14-/m0/s1. The molecule has 1 fully saturated rings. The summed E-state index contributed by atoms with van der Waals surface area (Å²) in [4.78, 5) is 15.0. The normalized spacial score (nSPS) is 20.8. The Bertz CT molecular complexity index is 913. The molecule has 158 valence electrons. The molecule has 2 atom stereocenters. The smallest absolute Gasteiger partial charge is 0.373 e. The number of rotatable bonds is 4. The van der Waals surface area contributed by atoms with Crippen molar-refractivity contribution in [2.75, 3.05) is 19.6 Å². The molecule has 29 heavy (non-hydrogen) atoms. The van der Waals surface area contributed by atoms with E-state index in [0.717, 1.165) is 6.07 Å². The fourth-order valence-corrected chi connectivity index (χ4v) is 4.24. The summed E-state index contributed by atoms with van der Waals surface area (Å²) >= 11 is 5.74. The van der Waals surface area contributed by atoms with Crippen molar-refractivity contribution in [3.63, 3.8) is 0 Å². The zero-order valence-electron chi connectivity index (χ0n) is 16.8. The molecule has 0 radical (unpaired) electrons. The first-order valence-corrected chi connectivity index (χ1v) is 9.82. The van der Waals surface area contributed by atoms with E-state index < -0.39 is 11.7 Å². The van der Waals surface area contributed by atoms with Crippen LogP contribution >= 0.6 is 11.6 Å². The monoisotopic (exact) mass is 428 g/mol. The van der Waals surface area contributed by atoms with Crippen LogP contribution in [0.4, 0.5) is 13.2 Å². The van der Waals surface area contributed by atoms with E-state index in [1.807, 2.05) is 13.8 Å². The lowest BCUT2D eigenvalue weighted by Crippen LogP contribution is -2.47. The van der Waals surface area contributed by atoms with Gasteiger partial charge in [0, 0.05) is 35.7 Å². The van der Waals surface area contributed by atoms with Crippen LogP contribution in [0.3, 0.4) is 0 Å². The van der Waals surface area contributed by atoms with Crippen molar-refractivity contribution >= 4 is 17.4 Å². The van der Waals surface area contributed by atoms with Gasteiger partial charge in [-0.2, -0.15) is 13.2 Å². The molecular weight excluding hydrogens is 405 g/mol. The highest BCUT2D eigenvalue weighted by molar-refractivity contribution is 6.31. The number of carbonyl (C=O) groups is 1. The van der Waals surface area contributed by atoms with Gasteiger partial charge in [-0.25, -0.2) is 0 Å². The number of aromatic nitrogens is 1. The molecular formula is C21H24ClF3N2O2. The van der Waals surface area contributed by atoms with Gasteiger partial charge in [0.05, 0.1) is 29.3 Å². The van der Waals surface area contributed by atoms with Gasteiger partial charge in [-0.1, -0.05) is 11.6 Å². The number of Topliss-reactive ketones (excluding diaryl/α,β-unsaturated/α-hetero) is 1. The van der Waals surface area contributed by atoms with E-state index in [1.54, 1.807) is 24.5 Å². The average Bonchev–Trinajstić information content (AvgIpc) is 2.88. The summed E-state index contributed by atoms with van der Waals surface area (Å²) in [5.74, 6) is -0.0596. The molecule has 0 aliphatic carbocycles. The van der Waals surface area contributed by atoms with E-state index in [9.17, 15) is 18.0 Å². The number of ketones is 1. The van der Waals surface area contributed by atoms with Crippen molar-refractivity contribution in [1.82, 2.24) is 9.47 Å². The summed E-state index contributed by atoms with van der Waals surface area (Å²) in [6, 6.07) is 5.50. The molecule has 0 saturated carbocycles. The topological polar surface area (TPSA) is 34.5 Å². The molecule has 0 amide bonds. The number of ether oxygens (including phenoxy) is 1. The Kier molecular flexibility index (Phi) is 6.13. The quantitative estimate of drug-likeness (QED) is 0.638. The Morgan fingerprint density at radius 3 is 2.38 bits per heavy atom. The molecule has 1 aromatic carbocycles. The third-order valence-electron chi connectivity index (χ3n) is 5.11. The first kappa shape index (κ1) is 21.9. The van der Waals surface area contributed by atoms with E-state index in [0.29, 0.717) is 35.7 Å². The van der Waals surface area contributed by atoms with Crippen molar-refractivity contribution in [2.24, 2.45) is 0 Å². The van der Waals surface area contributed by atoms with Crippen LogP contribution in [0, 0.1) is 13.8 Å². The minimum Gasteiger partial charge on any atom is -0.373 e. The highest BCUT2D eigenvalue weighted by Crippen LogP contribution is 2.36. The van der Waals surface area contributed by atoms with E-state index in [1.165, 1.54) is 12.1 Å². The third-order valence-corrected chi connectivity index (χ3v) is 5.44. The van der Waals surface area contributed by atoms with Crippen LogP contribution < -0.4 is 0 Å². The number of halogens is 4. The Morgan fingerprint density at radius 1 is 1.17 bits per heavy atom. The predicted molar refractivity (Wildman–Crippen MR) is 106 cm³/mol. The lowest BCUT2D eigenvalue weighted by molar-refractivity contribution is -0.137. The molecule has 0 spiro atoms. The molecule has 1 aliphatic heterocycles. The van der Waals surface area contributed by atoms with E-state index in [2.05, 4.69) is 4.90 Å². The van der Waals surface area contributed by atoms with Gasteiger partial charge in [0.1, 0.15) is 0 Å². The predicted octanol–water partition coefficient (Wildman–Crippen LogP) is 5.06. The lowest BCUT2D eigenvalue weighted by Gasteiger charge is -2.34. The maximum absolute atomic E-state index is 13.2. The van der Waals surface area contributed by atoms with E-state index >= 15 is 0 Å². The molecule has 8 heteroatoms. The van der Waals surface area contributed by atoms with Gasteiger partial charge in [0.25, 0.3) is 0 Å². The molecule has 0 unspecified atom stereocenters. The lowest BCUT2D eigenvalue weighted by atomic mass is 10.1. The first-order valence-electron chi connectivity index (χ1n) is 9.44. The van der Waals surface area contributed by atoms with Gasteiger partial charge in [-0.05, 0) is 52.0 Å². The van der Waals surface area contributed by atoms with Crippen LogP contribution in [0.1, 0.15) is 41.2 Å². The Morgan fingerprint density at radius 2 is 1.79 bits per heavy atom. The second-order valence-corrected chi connectivity index (χ2v) is 8.06. The Balaban J connectivity index is 1.90. The van der Waals surface area contributed by atoms with Crippen molar-refractivity contribution in [2.45, 2.75) is 46.1 Å². The Labute approximate surface area is 173 Å². The largest absolute Gasteiger partial charge is 0.417 e. The number of alkyl halides is 3. The van der Waals surface area contributed by atoms with Crippen LogP contribution in [-0.4, -0.2) is 47.1 Å². The van der Waals surface area contributed by atoms with E-state index in [-0.39, 0.29) is 29.6 Å². The number of hydrogen-bond donors (Lipinski definition) is 0. The summed E-state index contributed by atoms with van der Waals surface area (Å²) in [7, 11) is 0. The van der Waals surface area contributed by atoms with Gasteiger partial charge in [-0.15, -0.1) is 0 Å². The molecule has 0 bridgehead atoms. The van der Waals surface area contributed by atoms with Crippen LogP contribution in [0.2, 0.25) is 5.02 Å². The SMILES string of the molecule is Cc1cc(C(=O)CN2C[C@H](C)O[C@@H](C)C2)c(C)n1-c1ccc(Cl)c(C(F)(F)F)c1. The average molecular weight is 429 g/mol. The number of benzene rings is 1. The molecule has 2 aromatic rings.